The minimum Gasteiger partial charge on any atom is -0.619 e. The van der Waals surface area contributed by atoms with Gasteiger partial charge < -0.3 is 10.5 Å². The molecule has 1 N–H and O–H groups in total. The lowest BCUT2D eigenvalue weighted by Gasteiger charge is -2.07. The Balaban J connectivity index is 2.01. The van der Waals surface area contributed by atoms with Crippen LogP contribution in [0, 0.1) is 12.1 Å². The Morgan fingerprint density at radius 3 is 2.56 bits per heavy atom. The van der Waals surface area contributed by atoms with Crippen molar-refractivity contribution in [2.24, 2.45) is 0 Å². The van der Waals surface area contributed by atoms with E-state index in [4.69, 9.17) is 0 Å². The third-order valence-electron chi connectivity index (χ3n) is 2.71. The fraction of sp³-hybridized carbons (Fsp3) is 0.143. The molecule has 1 heterocycles. The Morgan fingerprint density at radius 1 is 1.22 bits per heavy atom. The van der Waals surface area contributed by atoms with E-state index in [2.05, 4.69) is 5.32 Å². The number of aryl methyl sites for hydroxylation is 1. The average molecular weight is 242 g/mol. The van der Waals surface area contributed by atoms with Crippen molar-refractivity contribution in [3.8, 4) is 0 Å². The van der Waals surface area contributed by atoms with Gasteiger partial charge in [0, 0.05) is 24.2 Å². The number of amides is 1. The molecule has 92 valence electrons. The van der Waals surface area contributed by atoms with E-state index in [1.165, 1.54) is 12.4 Å². The maximum Gasteiger partial charge on any atom is 0.251 e. The smallest absolute Gasteiger partial charge is 0.251 e. The highest BCUT2D eigenvalue weighted by Crippen LogP contribution is 2.06. The normalized spacial score (nSPS) is 10.1. The number of nitrogens with one attached hydrogen (secondary N) is 1. The van der Waals surface area contributed by atoms with Crippen molar-refractivity contribution in [2.45, 2.75) is 13.5 Å². The zero-order valence-electron chi connectivity index (χ0n) is 10.1. The number of carbonyl (C=O) groups excluding carboxylic acids is 1. The van der Waals surface area contributed by atoms with Crippen molar-refractivity contribution in [3.05, 3.63) is 70.7 Å². The number of hydrogen-bond donors (Lipinski definition) is 1. The highest BCUT2D eigenvalue weighted by Gasteiger charge is 2.07. The third kappa shape index (κ3) is 2.85. The summed E-state index contributed by atoms with van der Waals surface area (Å²) in [4.78, 5) is 11.9. The molecule has 0 saturated heterocycles. The summed E-state index contributed by atoms with van der Waals surface area (Å²) >= 11 is 0. The van der Waals surface area contributed by atoms with Crippen LogP contribution in [0.15, 0.2) is 48.8 Å². The molecule has 0 fully saturated rings. The van der Waals surface area contributed by atoms with Crippen LogP contribution in [-0.2, 0) is 6.54 Å². The van der Waals surface area contributed by atoms with Crippen molar-refractivity contribution in [1.29, 1.82) is 0 Å². The van der Waals surface area contributed by atoms with Crippen molar-refractivity contribution < 1.29 is 9.52 Å². The van der Waals surface area contributed by atoms with Gasteiger partial charge in [-0.1, -0.05) is 18.2 Å². The molecular weight excluding hydrogens is 228 g/mol. The number of pyridine rings is 1. The molecule has 2 rings (SSSR count). The molecule has 0 bridgehead atoms. The molecular formula is C14H14N2O2. The van der Waals surface area contributed by atoms with Gasteiger partial charge in [0.05, 0.1) is 0 Å². The van der Waals surface area contributed by atoms with E-state index in [1.54, 1.807) is 18.2 Å². The molecule has 2 aromatic rings. The Morgan fingerprint density at radius 2 is 1.89 bits per heavy atom. The summed E-state index contributed by atoms with van der Waals surface area (Å²) in [5.41, 5.74) is 2.51. The summed E-state index contributed by atoms with van der Waals surface area (Å²) in [5, 5.41) is 13.7. The van der Waals surface area contributed by atoms with Crippen LogP contribution in [0.5, 0.6) is 0 Å². The Hall–Kier alpha value is -2.36. The van der Waals surface area contributed by atoms with Crippen molar-refractivity contribution in [3.63, 3.8) is 0 Å². The fourth-order valence-corrected chi connectivity index (χ4v) is 1.67. The summed E-state index contributed by atoms with van der Waals surface area (Å²) in [5.74, 6) is -0.105. The van der Waals surface area contributed by atoms with Crippen LogP contribution in [-0.4, -0.2) is 5.91 Å². The van der Waals surface area contributed by atoms with Crippen LogP contribution < -0.4 is 10.0 Å². The molecule has 0 unspecified atom stereocenters. The van der Waals surface area contributed by atoms with Gasteiger partial charge in [0.25, 0.3) is 5.91 Å². The monoisotopic (exact) mass is 242 g/mol. The number of aromatic nitrogens is 1. The second kappa shape index (κ2) is 5.31. The molecule has 0 aliphatic rings. The molecule has 0 saturated carbocycles. The topological polar surface area (TPSA) is 56.0 Å². The largest absolute Gasteiger partial charge is 0.619 e. The quantitative estimate of drug-likeness (QED) is 0.656. The van der Waals surface area contributed by atoms with Gasteiger partial charge in [-0.25, -0.2) is 0 Å². The van der Waals surface area contributed by atoms with Crippen LogP contribution >= 0.6 is 0 Å². The van der Waals surface area contributed by atoms with Crippen LogP contribution in [0.3, 0.4) is 0 Å². The lowest BCUT2D eigenvalue weighted by atomic mass is 10.1. The number of carbonyl (C=O) groups is 1. The first-order valence-electron chi connectivity index (χ1n) is 5.68. The highest BCUT2D eigenvalue weighted by atomic mass is 16.5. The molecule has 0 aliphatic carbocycles. The SMILES string of the molecule is Cc1ccccc1C(=O)NCc1cc[n+]([O-])cc1. The van der Waals surface area contributed by atoms with E-state index >= 15 is 0 Å². The van der Waals surface area contributed by atoms with Crippen LogP contribution in [0.2, 0.25) is 0 Å². The van der Waals surface area contributed by atoms with Gasteiger partial charge in [-0.2, -0.15) is 4.73 Å². The predicted octanol–water partition coefficient (Wildman–Crippen LogP) is 1.56. The first-order chi connectivity index (χ1) is 8.66. The minimum atomic E-state index is -0.105. The van der Waals surface area contributed by atoms with Gasteiger partial charge in [0.1, 0.15) is 0 Å². The number of nitrogens with zero attached hydrogens (tertiary/aromatic N) is 1. The first kappa shape index (κ1) is 12.1. The van der Waals surface area contributed by atoms with E-state index < -0.39 is 0 Å². The van der Waals surface area contributed by atoms with Crippen molar-refractivity contribution in [2.75, 3.05) is 0 Å². The standard InChI is InChI=1S/C14H14N2O2/c1-11-4-2-3-5-13(11)14(17)15-10-12-6-8-16(18)9-7-12/h2-9H,10H2,1H3,(H,15,17). The van der Waals surface area contributed by atoms with Crippen molar-refractivity contribution >= 4 is 5.91 Å². The van der Waals surface area contributed by atoms with Crippen LogP contribution in [0.25, 0.3) is 0 Å². The number of hydrogen-bond acceptors (Lipinski definition) is 2. The van der Waals surface area contributed by atoms with E-state index in [0.29, 0.717) is 16.8 Å². The molecule has 4 heteroatoms. The Labute approximate surface area is 105 Å². The zero-order valence-corrected chi connectivity index (χ0v) is 10.1. The van der Waals surface area contributed by atoms with Gasteiger partial charge in [-0.05, 0) is 24.1 Å². The van der Waals surface area contributed by atoms with Gasteiger partial charge in [-0.3, -0.25) is 4.79 Å². The van der Waals surface area contributed by atoms with E-state index in [1.807, 2.05) is 25.1 Å². The second-order valence-electron chi connectivity index (χ2n) is 4.06. The maximum atomic E-state index is 11.9. The van der Waals surface area contributed by atoms with Gasteiger partial charge in [0.15, 0.2) is 12.4 Å². The molecule has 0 atom stereocenters. The molecule has 0 spiro atoms. The second-order valence-corrected chi connectivity index (χ2v) is 4.06. The first-order valence-corrected chi connectivity index (χ1v) is 5.68. The maximum absolute atomic E-state index is 11.9. The van der Waals surface area contributed by atoms with Gasteiger partial charge >= 0.3 is 0 Å². The molecule has 1 amide bonds. The molecule has 1 aromatic carbocycles. The fourth-order valence-electron chi connectivity index (χ4n) is 1.67. The molecule has 18 heavy (non-hydrogen) atoms. The summed E-state index contributed by atoms with van der Waals surface area (Å²) in [7, 11) is 0. The van der Waals surface area contributed by atoms with Gasteiger partial charge in [0.2, 0.25) is 0 Å². The van der Waals surface area contributed by atoms with Crippen LogP contribution in [0.4, 0.5) is 0 Å². The summed E-state index contributed by atoms with van der Waals surface area (Å²) in [6.07, 6.45) is 2.82. The minimum absolute atomic E-state index is 0.105. The zero-order chi connectivity index (χ0) is 13.0. The van der Waals surface area contributed by atoms with Crippen LogP contribution in [0.1, 0.15) is 21.5 Å². The lowest BCUT2D eigenvalue weighted by Crippen LogP contribution is -2.26. The predicted molar refractivity (Wildman–Crippen MR) is 67.8 cm³/mol. The summed E-state index contributed by atoms with van der Waals surface area (Å²) < 4.78 is 0.715. The lowest BCUT2D eigenvalue weighted by molar-refractivity contribution is -0.605. The Bertz CT molecular complexity index is 550. The van der Waals surface area contributed by atoms with E-state index in [9.17, 15) is 10.0 Å². The molecule has 0 radical (unpaired) electrons. The average Bonchev–Trinajstić information content (AvgIpc) is 2.38. The van der Waals surface area contributed by atoms with Crippen molar-refractivity contribution in [1.82, 2.24) is 5.32 Å². The van der Waals surface area contributed by atoms with E-state index in [0.717, 1.165) is 11.1 Å². The molecule has 1 aromatic heterocycles. The third-order valence-corrected chi connectivity index (χ3v) is 2.71. The molecule has 4 nitrogen and oxygen atoms in total. The van der Waals surface area contributed by atoms with E-state index in [-0.39, 0.29) is 5.91 Å². The number of rotatable bonds is 3. The van der Waals surface area contributed by atoms with Gasteiger partial charge in [-0.15, -0.1) is 0 Å². The summed E-state index contributed by atoms with van der Waals surface area (Å²) in [6, 6.07) is 10.8. The highest BCUT2D eigenvalue weighted by molar-refractivity contribution is 5.95. The summed E-state index contributed by atoms with van der Waals surface area (Å²) in [6.45, 7) is 2.31. The molecule has 0 aliphatic heterocycles. The Kier molecular flexibility index (Phi) is 3.57. The number of benzene rings is 1.